The topological polar surface area (TPSA) is 104 Å². The lowest BCUT2D eigenvalue weighted by Gasteiger charge is -2.58. The van der Waals surface area contributed by atoms with Crippen LogP contribution in [0.2, 0.25) is 0 Å². The van der Waals surface area contributed by atoms with Gasteiger partial charge in [-0.3, -0.25) is 9.59 Å². The van der Waals surface area contributed by atoms with Crippen molar-refractivity contribution in [3.63, 3.8) is 0 Å². The Hall–Kier alpha value is -2.19. The number of esters is 2. The second-order valence-corrected chi connectivity index (χ2v) is 13.0. The average molecular weight is 544 g/mol. The Morgan fingerprint density at radius 3 is 2.56 bits per heavy atom. The molecular weight excluding hydrogens is 498 g/mol. The molecule has 0 aromatic heterocycles. The van der Waals surface area contributed by atoms with Gasteiger partial charge in [-0.1, -0.05) is 30.7 Å². The summed E-state index contributed by atoms with van der Waals surface area (Å²) < 4.78 is 23.0. The van der Waals surface area contributed by atoms with E-state index in [9.17, 15) is 14.8 Å². The van der Waals surface area contributed by atoms with Crippen molar-refractivity contribution in [1.82, 2.24) is 0 Å². The largest absolute Gasteiger partial charge is 0.463 e. The monoisotopic (exact) mass is 543 g/mol. The van der Waals surface area contributed by atoms with Gasteiger partial charge in [0, 0.05) is 19.8 Å². The Labute approximate surface area is 232 Å². The molecule has 3 fully saturated rings. The van der Waals surface area contributed by atoms with Crippen molar-refractivity contribution < 1.29 is 33.7 Å². The van der Waals surface area contributed by atoms with Crippen molar-refractivity contribution in [2.24, 2.45) is 39.7 Å². The fourth-order valence-electron chi connectivity index (χ4n) is 9.03. The number of hydrogen-bond donors (Lipinski definition) is 1. The molecule has 1 heterocycles. The Kier molecular flexibility index (Phi) is 7.99. The molecule has 8 nitrogen and oxygen atoms in total. The summed E-state index contributed by atoms with van der Waals surface area (Å²) in [5.41, 5.74) is 2.86. The SMILES string of the molecule is CC(=O)OC[C@H]1OC(O[C@H]2CC[C@@]3(C)C(=CC[C@H]4[C@@H]5CC[C@H](/C(C)=N/O)[C@@]5(C)CC[C@@H]43)C2)C=C[C@@H]1OC(C)=O. The fourth-order valence-corrected chi connectivity index (χ4v) is 9.03. The predicted octanol–water partition coefficient (Wildman–Crippen LogP) is 5.58. The van der Waals surface area contributed by atoms with E-state index < -0.39 is 30.4 Å². The molecule has 0 spiro atoms. The third kappa shape index (κ3) is 5.31. The maximum Gasteiger partial charge on any atom is 0.303 e. The maximum atomic E-state index is 11.5. The molecule has 1 aliphatic heterocycles. The van der Waals surface area contributed by atoms with Crippen LogP contribution in [0.1, 0.15) is 86.0 Å². The van der Waals surface area contributed by atoms with E-state index in [1.54, 1.807) is 12.2 Å². The Bertz CT molecular complexity index is 1050. The van der Waals surface area contributed by atoms with Crippen molar-refractivity contribution in [3.05, 3.63) is 23.8 Å². The molecule has 39 heavy (non-hydrogen) atoms. The van der Waals surface area contributed by atoms with Gasteiger partial charge in [-0.05, 0) is 99.0 Å². The van der Waals surface area contributed by atoms with Gasteiger partial charge in [0.05, 0.1) is 11.8 Å². The van der Waals surface area contributed by atoms with E-state index in [0.717, 1.165) is 37.8 Å². The molecule has 0 saturated heterocycles. The quantitative estimate of drug-likeness (QED) is 0.153. The fraction of sp³-hybridized carbons (Fsp3) is 0.774. The van der Waals surface area contributed by atoms with Crippen LogP contribution in [0.25, 0.3) is 0 Å². The van der Waals surface area contributed by atoms with Crippen molar-refractivity contribution in [1.29, 1.82) is 0 Å². The van der Waals surface area contributed by atoms with Gasteiger partial charge in [-0.15, -0.1) is 0 Å². The molecule has 0 bridgehead atoms. The van der Waals surface area contributed by atoms with Gasteiger partial charge in [0.2, 0.25) is 0 Å². The number of rotatable bonds is 6. The third-order valence-corrected chi connectivity index (χ3v) is 10.9. The van der Waals surface area contributed by atoms with Crippen LogP contribution in [0.3, 0.4) is 0 Å². The van der Waals surface area contributed by atoms with Gasteiger partial charge in [-0.2, -0.15) is 0 Å². The molecule has 0 amide bonds. The molecule has 0 aromatic rings. The van der Waals surface area contributed by atoms with Gasteiger partial charge < -0.3 is 24.2 Å². The second kappa shape index (κ2) is 11.0. The van der Waals surface area contributed by atoms with Crippen LogP contribution in [0, 0.1) is 34.5 Å². The first-order valence-corrected chi connectivity index (χ1v) is 14.7. The van der Waals surface area contributed by atoms with E-state index in [1.807, 2.05) is 6.92 Å². The minimum atomic E-state index is -0.617. The highest BCUT2D eigenvalue weighted by atomic mass is 16.7. The molecule has 216 valence electrons. The first-order chi connectivity index (χ1) is 18.5. The summed E-state index contributed by atoms with van der Waals surface area (Å²) in [7, 11) is 0. The summed E-state index contributed by atoms with van der Waals surface area (Å²) in [5.74, 6) is 1.63. The average Bonchev–Trinajstić information content (AvgIpc) is 3.25. The lowest BCUT2D eigenvalue weighted by molar-refractivity contribution is -0.213. The van der Waals surface area contributed by atoms with E-state index in [4.69, 9.17) is 18.9 Å². The minimum Gasteiger partial charge on any atom is -0.463 e. The van der Waals surface area contributed by atoms with E-state index in [-0.39, 0.29) is 23.5 Å². The highest BCUT2D eigenvalue weighted by molar-refractivity contribution is 5.85. The first-order valence-electron chi connectivity index (χ1n) is 14.7. The molecule has 0 aromatic carbocycles. The zero-order chi connectivity index (χ0) is 27.9. The van der Waals surface area contributed by atoms with E-state index in [0.29, 0.717) is 23.7 Å². The lowest BCUT2D eigenvalue weighted by atomic mass is 9.47. The summed E-state index contributed by atoms with van der Waals surface area (Å²) in [6.07, 6.45) is 13.2. The Morgan fingerprint density at radius 1 is 1.05 bits per heavy atom. The highest BCUT2D eigenvalue weighted by Gasteiger charge is 2.59. The molecule has 8 heteroatoms. The Balaban J connectivity index is 1.25. The summed E-state index contributed by atoms with van der Waals surface area (Å²) in [6, 6.07) is 0. The highest BCUT2D eigenvalue weighted by Crippen LogP contribution is 2.66. The molecule has 10 atom stereocenters. The smallest absolute Gasteiger partial charge is 0.303 e. The van der Waals surface area contributed by atoms with E-state index >= 15 is 0 Å². The lowest BCUT2D eigenvalue weighted by Crippen LogP contribution is -2.51. The van der Waals surface area contributed by atoms with Crippen molar-refractivity contribution >= 4 is 17.7 Å². The van der Waals surface area contributed by atoms with Crippen LogP contribution in [0.5, 0.6) is 0 Å². The third-order valence-electron chi connectivity index (χ3n) is 10.9. The number of nitrogens with zero attached hydrogens (tertiary/aromatic N) is 1. The molecular formula is C31H45NO7. The van der Waals surface area contributed by atoms with Crippen LogP contribution in [0.15, 0.2) is 29.0 Å². The zero-order valence-electron chi connectivity index (χ0n) is 24.1. The van der Waals surface area contributed by atoms with Crippen LogP contribution >= 0.6 is 0 Å². The molecule has 4 aliphatic carbocycles. The molecule has 1 N–H and O–H groups in total. The number of carbonyl (C=O) groups is 2. The van der Waals surface area contributed by atoms with Gasteiger partial charge >= 0.3 is 11.9 Å². The molecule has 3 saturated carbocycles. The van der Waals surface area contributed by atoms with Gasteiger partial charge in [0.25, 0.3) is 0 Å². The number of carbonyl (C=O) groups excluding carboxylic acids is 2. The molecule has 5 rings (SSSR count). The first kappa shape index (κ1) is 28.3. The maximum absolute atomic E-state index is 11.5. The van der Waals surface area contributed by atoms with Crippen LogP contribution in [0.4, 0.5) is 0 Å². The van der Waals surface area contributed by atoms with Gasteiger partial charge in [0.15, 0.2) is 6.29 Å². The molecule has 0 radical (unpaired) electrons. The molecule has 1 unspecified atom stereocenters. The van der Waals surface area contributed by atoms with Crippen molar-refractivity contribution in [3.8, 4) is 0 Å². The summed E-state index contributed by atoms with van der Waals surface area (Å²) in [4.78, 5) is 22.9. The number of allylic oxidation sites excluding steroid dienone is 1. The van der Waals surface area contributed by atoms with Crippen molar-refractivity contribution in [2.45, 2.75) is 111 Å². The number of oxime groups is 1. The zero-order valence-corrected chi connectivity index (χ0v) is 24.1. The Morgan fingerprint density at radius 2 is 1.85 bits per heavy atom. The molecule has 5 aliphatic rings. The number of hydrogen-bond acceptors (Lipinski definition) is 8. The van der Waals surface area contributed by atoms with Crippen LogP contribution in [-0.2, 0) is 28.5 Å². The number of fused-ring (bicyclic) bond motifs is 5. The summed E-state index contributed by atoms with van der Waals surface area (Å²) in [6.45, 7) is 9.62. The van der Waals surface area contributed by atoms with E-state index in [1.165, 1.54) is 38.7 Å². The normalized spacial score (nSPS) is 43.5. The second-order valence-electron chi connectivity index (χ2n) is 13.0. The standard InChI is InChI=1S/C31H45NO7/c1-18(32-35)24-8-9-25-23-7-6-21-16-22(12-14-30(21,4)26(23)13-15-31(24,25)5)38-29-11-10-27(37-20(3)34)28(39-29)17-36-19(2)33/h6,10-11,22-29,35H,7-9,12-17H2,1-5H3/b32-18+/t22-,23-,24+,25-,26-,27-,28+,29?,30-,31+/m0/s1. The van der Waals surface area contributed by atoms with Gasteiger partial charge in [-0.25, -0.2) is 0 Å². The predicted molar refractivity (Wildman–Crippen MR) is 145 cm³/mol. The summed E-state index contributed by atoms with van der Waals surface area (Å²) in [5, 5.41) is 13.1. The van der Waals surface area contributed by atoms with E-state index in [2.05, 4.69) is 25.1 Å². The minimum absolute atomic E-state index is 0.000927. The summed E-state index contributed by atoms with van der Waals surface area (Å²) >= 11 is 0. The van der Waals surface area contributed by atoms with Gasteiger partial charge in [0.1, 0.15) is 18.8 Å². The van der Waals surface area contributed by atoms with Crippen LogP contribution in [-0.4, -0.2) is 54.1 Å². The van der Waals surface area contributed by atoms with Crippen molar-refractivity contribution in [2.75, 3.05) is 6.61 Å². The van der Waals surface area contributed by atoms with Crippen LogP contribution < -0.4 is 0 Å². The number of ether oxygens (including phenoxy) is 4.